The third kappa shape index (κ3) is 11.5. The Morgan fingerprint density at radius 2 is 1.09 bits per heavy atom. The molecule has 0 spiro atoms. The van der Waals surface area contributed by atoms with Crippen LogP contribution in [0.2, 0.25) is 0 Å². The van der Waals surface area contributed by atoms with Crippen molar-refractivity contribution in [3.63, 3.8) is 0 Å². The molecule has 0 radical (unpaired) electrons. The Morgan fingerprint density at radius 1 is 0.636 bits per heavy atom. The highest BCUT2D eigenvalue weighted by atomic mass is 16.5. The molecule has 0 saturated heterocycles. The maximum Gasteiger partial charge on any atom is 0.0462 e. The molecule has 0 heterocycles. The fraction of sp³-hybridized carbons (Fsp3) is 1.00. The first-order valence-electron chi connectivity index (χ1n) is 10.4. The number of ether oxygens (including phenoxy) is 1. The average molecular weight is 311 g/mol. The van der Waals surface area contributed by atoms with Crippen LogP contribution in [0.4, 0.5) is 0 Å². The summed E-state index contributed by atoms with van der Waals surface area (Å²) in [6.45, 7) is 3.25. The summed E-state index contributed by atoms with van der Waals surface area (Å²) in [4.78, 5) is 0. The minimum Gasteiger partial charge on any atom is -0.385 e. The van der Waals surface area contributed by atoms with E-state index in [4.69, 9.17) is 4.74 Å². The van der Waals surface area contributed by atoms with Gasteiger partial charge >= 0.3 is 0 Å². The molecule has 2 atom stereocenters. The molecular weight excluding hydrogens is 268 g/mol. The van der Waals surface area contributed by atoms with E-state index in [-0.39, 0.29) is 0 Å². The van der Waals surface area contributed by atoms with Crippen LogP contribution in [0.15, 0.2) is 0 Å². The third-order valence-electron chi connectivity index (χ3n) is 5.42. The maximum absolute atomic E-state index is 5.08. The molecule has 1 fully saturated rings. The first-order chi connectivity index (χ1) is 10.9. The number of hydrogen-bond acceptors (Lipinski definition) is 1. The third-order valence-corrected chi connectivity index (χ3v) is 5.42. The van der Waals surface area contributed by atoms with E-state index in [0.29, 0.717) is 0 Å². The minimum absolute atomic E-state index is 0.946. The molecule has 0 aromatic heterocycles. The topological polar surface area (TPSA) is 9.23 Å². The molecule has 0 aromatic rings. The normalized spacial score (nSPS) is 20.5. The van der Waals surface area contributed by atoms with Crippen LogP contribution >= 0.6 is 0 Å². The standard InChI is InChI=1S/C21H42O/c1-3-4-5-6-10-13-16-20-19-21(20)17-14-11-8-7-9-12-15-18-22-2/h20-21H,3-19H2,1-2H3. The molecule has 1 saturated carbocycles. The number of unbranched alkanes of at least 4 members (excludes halogenated alkanes) is 11. The van der Waals surface area contributed by atoms with Crippen LogP contribution in [0, 0.1) is 11.8 Å². The van der Waals surface area contributed by atoms with E-state index in [0.717, 1.165) is 18.4 Å². The molecule has 0 amide bonds. The number of methoxy groups -OCH3 is 1. The zero-order chi connectivity index (χ0) is 15.9. The summed E-state index contributed by atoms with van der Waals surface area (Å²) in [5, 5.41) is 0. The number of hydrogen-bond donors (Lipinski definition) is 0. The Bertz CT molecular complexity index is 226. The molecule has 0 bridgehead atoms. The molecule has 0 N–H and O–H groups in total. The monoisotopic (exact) mass is 310 g/mol. The van der Waals surface area contributed by atoms with Gasteiger partial charge in [0.1, 0.15) is 0 Å². The SMILES string of the molecule is CCCCCCCCC1CC1CCCCCCCCCOC. The van der Waals surface area contributed by atoms with Crippen molar-refractivity contribution < 1.29 is 4.74 Å². The summed E-state index contributed by atoms with van der Waals surface area (Å²) in [6.07, 6.45) is 23.3. The van der Waals surface area contributed by atoms with Crippen molar-refractivity contribution in [3.05, 3.63) is 0 Å². The van der Waals surface area contributed by atoms with Crippen molar-refractivity contribution in [2.24, 2.45) is 11.8 Å². The molecule has 1 nitrogen and oxygen atoms in total. The van der Waals surface area contributed by atoms with Crippen LogP contribution in [-0.2, 0) is 4.74 Å². The molecule has 0 aromatic carbocycles. The van der Waals surface area contributed by atoms with E-state index in [2.05, 4.69) is 6.92 Å². The first kappa shape index (κ1) is 20.0. The van der Waals surface area contributed by atoms with Crippen LogP contribution in [-0.4, -0.2) is 13.7 Å². The quantitative estimate of drug-likeness (QED) is 0.259. The predicted octanol–water partition coefficient (Wildman–Crippen LogP) is 7.14. The van der Waals surface area contributed by atoms with Gasteiger partial charge in [-0.1, -0.05) is 96.8 Å². The second kappa shape index (κ2) is 14.5. The van der Waals surface area contributed by atoms with Crippen LogP contribution in [0.25, 0.3) is 0 Å². The Morgan fingerprint density at radius 3 is 1.59 bits per heavy atom. The van der Waals surface area contributed by atoms with Gasteiger partial charge in [-0.25, -0.2) is 0 Å². The fourth-order valence-corrected chi connectivity index (χ4v) is 3.74. The first-order valence-corrected chi connectivity index (χ1v) is 10.4. The zero-order valence-electron chi connectivity index (χ0n) is 15.6. The molecule has 132 valence electrons. The van der Waals surface area contributed by atoms with Crippen molar-refractivity contribution in [2.75, 3.05) is 13.7 Å². The maximum atomic E-state index is 5.08. The van der Waals surface area contributed by atoms with Gasteiger partial charge in [-0.3, -0.25) is 0 Å². The summed E-state index contributed by atoms with van der Waals surface area (Å²) < 4.78 is 5.08. The summed E-state index contributed by atoms with van der Waals surface area (Å²) in [5.41, 5.74) is 0. The second-order valence-electron chi connectivity index (χ2n) is 7.57. The van der Waals surface area contributed by atoms with E-state index < -0.39 is 0 Å². The lowest BCUT2D eigenvalue weighted by Crippen LogP contribution is -1.89. The van der Waals surface area contributed by atoms with Gasteiger partial charge < -0.3 is 4.74 Å². The van der Waals surface area contributed by atoms with Gasteiger partial charge in [-0.2, -0.15) is 0 Å². The van der Waals surface area contributed by atoms with Crippen molar-refractivity contribution in [1.29, 1.82) is 0 Å². The van der Waals surface area contributed by atoms with E-state index in [1.807, 2.05) is 0 Å². The van der Waals surface area contributed by atoms with Crippen LogP contribution in [0.5, 0.6) is 0 Å². The molecule has 22 heavy (non-hydrogen) atoms. The van der Waals surface area contributed by atoms with Gasteiger partial charge in [0, 0.05) is 13.7 Å². The van der Waals surface area contributed by atoms with Gasteiger partial charge in [-0.15, -0.1) is 0 Å². The zero-order valence-corrected chi connectivity index (χ0v) is 15.6. The summed E-state index contributed by atoms with van der Waals surface area (Å²) in [6, 6.07) is 0. The lowest BCUT2D eigenvalue weighted by Gasteiger charge is -2.03. The molecule has 2 unspecified atom stereocenters. The molecule has 1 aliphatic carbocycles. The van der Waals surface area contributed by atoms with E-state index >= 15 is 0 Å². The van der Waals surface area contributed by atoms with Gasteiger partial charge in [0.15, 0.2) is 0 Å². The largest absolute Gasteiger partial charge is 0.385 e. The van der Waals surface area contributed by atoms with Gasteiger partial charge in [0.05, 0.1) is 0 Å². The van der Waals surface area contributed by atoms with Crippen molar-refractivity contribution >= 4 is 0 Å². The lowest BCUT2D eigenvalue weighted by atomic mass is 10.0. The van der Waals surface area contributed by atoms with Crippen molar-refractivity contribution in [2.45, 2.75) is 110 Å². The van der Waals surface area contributed by atoms with Crippen molar-refractivity contribution in [3.8, 4) is 0 Å². The fourth-order valence-electron chi connectivity index (χ4n) is 3.74. The number of rotatable bonds is 17. The van der Waals surface area contributed by atoms with Gasteiger partial charge in [-0.05, 0) is 24.7 Å². The summed E-state index contributed by atoms with van der Waals surface area (Å²) >= 11 is 0. The summed E-state index contributed by atoms with van der Waals surface area (Å²) in [5.74, 6) is 2.25. The van der Waals surface area contributed by atoms with Crippen LogP contribution in [0.3, 0.4) is 0 Å². The molecule has 1 aliphatic rings. The Labute approximate surface area is 140 Å². The van der Waals surface area contributed by atoms with Crippen LogP contribution < -0.4 is 0 Å². The highest BCUT2D eigenvalue weighted by Crippen LogP contribution is 2.45. The minimum atomic E-state index is 0.946. The lowest BCUT2D eigenvalue weighted by molar-refractivity contribution is 0.192. The van der Waals surface area contributed by atoms with Gasteiger partial charge in [0.2, 0.25) is 0 Å². The molecular formula is C21H42O. The molecule has 1 rings (SSSR count). The van der Waals surface area contributed by atoms with E-state index in [9.17, 15) is 0 Å². The average Bonchev–Trinajstić information content (AvgIpc) is 3.27. The second-order valence-corrected chi connectivity index (χ2v) is 7.57. The Hall–Kier alpha value is -0.0400. The van der Waals surface area contributed by atoms with Crippen molar-refractivity contribution in [1.82, 2.24) is 0 Å². The highest BCUT2D eigenvalue weighted by molar-refractivity contribution is 4.85. The Balaban J connectivity index is 1.73. The van der Waals surface area contributed by atoms with Gasteiger partial charge in [0.25, 0.3) is 0 Å². The molecule has 1 heteroatoms. The van der Waals surface area contributed by atoms with Crippen LogP contribution in [0.1, 0.15) is 110 Å². The predicted molar refractivity (Wildman–Crippen MR) is 98.4 cm³/mol. The van der Waals surface area contributed by atoms with E-state index in [1.54, 1.807) is 13.5 Å². The van der Waals surface area contributed by atoms with E-state index in [1.165, 1.54) is 96.3 Å². The smallest absolute Gasteiger partial charge is 0.0462 e. The molecule has 0 aliphatic heterocycles. The highest BCUT2D eigenvalue weighted by Gasteiger charge is 2.34. The Kier molecular flexibility index (Phi) is 13.2. The summed E-state index contributed by atoms with van der Waals surface area (Å²) in [7, 11) is 1.80.